The summed E-state index contributed by atoms with van der Waals surface area (Å²) in [5, 5.41) is 20.1. The fourth-order valence-electron chi connectivity index (χ4n) is 2.29. The second-order valence-electron chi connectivity index (χ2n) is 4.60. The molecule has 0 amide bonds. The Labute approximate surface area is 114 Å². The first kappa shape index (κ1) is 13.5. The summed E-state index contributed by atoms with van der Waals surface area (Å²) in [5.74, 6) is 0.305. The molecule has 1 aromatic rings. The van der Waals surface area contributed by atoms with E-state index in [0.29, 0.717) is 16.9 Å². The molecule has 1 aliphatic heterocycles. The molecule has 5 nitrogen and oxygen atoms in total. The Hall–Kier alpha value is -0.980. The fraction of sp³-hybridized carbons (Fsp3) is 0.500. The van der Waals surface area contributed by atoms with E-state index in [4.69, 9.17) is 5.11 Å². The van der Waals surface area contributed by atoms with E-state index in [9.17, 15) is 10.1 Å². The molecule has 0 bridgehead atoms. The van der Waals surface area contributed by atoms with Crippen LogP contribution in [0.3, 0.4) is 0 Å². The summed E-state index contributed by atoms with van der Waals surface area (Å²) in [5.41, 5.74) is 0.874. The van der Waals surface area contributed by atoms with Crippen molar-refractivity contribution in [3.05, 3.63) is 38.3 Å². The molecule has 1 saturated heterocycles. The summed E-state index contributed by atoms with van der Waals surface area (Å²) in [6, 6.07) is 5.14. The van der Waals surface area contributed by atoms with Crippen molar-refractivity contribution < 1.29 is 10.0 Å². The predicted octanol–water partition coefficient (Wildman–Crippen LogP) is 2.17. The van der Waals surface area contributed by atoms with Crippen LogP contribution in [0.1, 0.15) is 12.0 Å². The van der Waals surface area contributed by atoms with Crippen LogP contribution in [0.4, 0.5) is 5.69 Å². The van der Waals surface area contributed by atoms with Gasteiger partial charge in [0.25, 0.3) is 5.69 Å². The molecule has 1 aromatic carbocycles. The summed E-state index contributed by atoms with van der Waals surface area (Å²) in [6.45, 7) is 2.46. The van der Waals surface area contributed by atoms with Crippen molar-refractivity contribution in [3.63, 3.8) is 0 Å². The lowest BCUT2D eigenvalue weighted by molar-refractivity contribution is -0.385. The van der Waals surface area contributed by atoms with Gasteiger partial charge in [-0.25, -0.2) is 0 Å². The normalized spacial score (nSPS) is 20.2. The van der Waals surface area contributed by atoms with Gasteiger partial charge in [-0.05, 0) is 31.0 Å². The van der Waals surface area contributed by atoms with Crippen LogP contribution in [0.5, 0.6) is 0 Å². The minimum atomic E-state index is -0.348. The van der Waals surface area contributed by atoms with Gasteiger partial charge >= 0.3 is 0 Å². The number of hydrogen-bond donors (Lipinski definition) is 1. The van der Waals surface area contributed by atoms with Crippen LogP contribution < -0.4 is 0 Å². The predicted molar refractivity (Wildman–Crippen MR) is 71.3 cm³/mol. The number of halogens is 1. The van der Waals surface area contributed by atoms with Crippen LogP contribution in [0.25, 0.3) is 0 Å². The molecule has 0 radical (unpaired) electrons. The average molecular weight is 315 g/mol. The van der Waals surface area contributed by atoms with Gasteiger partial charge < -0.3 is 5.11 Å². The number of aliphatic hydroxyl groups excluding tert-OH is 1. The quantitative estimate of drug-likeness (QED) is 0.683. The first-order valence-corrected chi connectivity index (χ1v) is 6.65. The molecule has 1 aliphatic rings. The van der Waals surface area contributed by atoms with Gasteiger partial charge in [-0.1, -0.05) is 15.9 Å². The van der Waals surface area contributed by atoms with Gasteiger partial charge in [0.1, 0.15) is 0 Å². The maximum absolute atomic E-state index is 11.0. The zero-order valence-corrected chi connectivity index (χ0v) is 11.5. The van der Waals surface area contributed by atoms with Crippen LogP contribution in [0, 0.1) is 16.0 Å². The van der Waals surface area contributed by atoms with Crippen LogP contribution in [0.15, 0.2) is 22.7 Å². The van der Waals surface area contributed by atoms with E-state index >= 15 is 0 Å². The molecule has 2 rings (SSSR count). The smallest absolute Gasteiger partial charge is 0.275 e. The second kappa shape index (κ2) is 5.77. The Bertz CT molecular complexity index is 453. The van der Waals surface area contributed by atoms with Gasteiger partial charge in [-0.3, -0.25) is 15.0 Å². The number of aliphatic hydroxyl groups is 1. The Kier molecular flexibility index (Phi) is 4.31. The van der Waals surface area contributed by atoms with E-state index in [0.717, 1.165) is 25.1 Å². The van der Waals surface area contributed by atoms with Gasteiger partial charge in [0.2, 0.25) is 0 Å². The van der Waals surface area contributed by atoms with Gasteiger partial charge in [-0.2, -0.15) is 0 Å². The van der Waals surface area contributed by atoms with Crippen molar-refractivity contribution in [1.82, 2.24) is 4.90 Å². The van der Waals surface area contributed by atoms with E-state index in [1.165, 1.54) is 6.07 Å². The maximum atomic E-state index is 11.0. The molecule has 0 aromatic heterocycles. The van der Waals surface area contributed by atoms with Gasteiger partial charge in [0.15, 0.2) is 0 Å². The summed E-state index contributed by atoms with van der Waals surface area (Å²) >= 11 is 3.25. The maximum Gasteiger partial charge on any atom is 0.275 e. The standard InChI is InChI=1S/C12H15BrN2O3/c13-11-2-1-10(12(5-11)15(17)18)7-14-4-3-9(6-14)8-16/h1-2,5,9,16H,3-4,6-8H2. The number of likely N-dealkylation sites (tertiary alicyclic amines) is 1. The molecule has 1 heterocycles. The van der Waals surface area contributed by atoms with Crippen molar-refractivity contribution >= 4 is 21.6 Å². The lowest BCUT2D eigenvalue weighted by atomic mass is 10.1. The second-order valence-corrected chi connectivity index (χ2v) is 5.52. The number of rotatable bonds is 4. The lowest BCUT2D eigenvalue weighted by Crippen LogP contribution is -2.21. The molecule has 1 fully saturated rings. The van der Waals surface area contributed by atoms with Crippen molar-refractivity contribution in [2.45, 2.75) is 13.0 Å². The highest BCUT2D eigenvalue weighted by Gasteiger charge is 2.24. The topological polar surface area (TPSA) is 66.6 Å². The molecule has 98 valence electrons. The average Bonchev–Trinajstić information content (AvgIpc) is 2.79. The summed E-state index contributed by atoms with van der Waals surface area (Å²) in [6.07, 6.45) is 0.959. The van der Waals surface area contributed by atoms with Crippen molar-refractivity contribution in [1.29, 1.82) is 0 Å². The van der Waals surface area contributed by atoms with E-state index in [2.05, 4.69) is 20.8 Å². The number of nitro benzene ring substituents is 1. The Morgan fingerprint density at radius 1 is 1.56 bits per heavy atom. The molecule has 1 unspecified atom stereocenters. The molecule has 18 heavy (non-hydrogen) atoms. The zero-order valence-electron chi connectivity index (χ0n) is 9.88. The van der Waals surface area contributed by atoms with Gasteiger partial charge in [-0.15, -0.1) is 0 Å². The molecule has 0 aliphatic carbocycles. The summed E-state index contributed by atoms with van der Waals surface area (Å²) in [4.78, 5) is 12.8. The van der Waals surface area contributed by atoms with Crippen LogP contribution in [-0.2, 0) is 6.54 Å². The fourth-order valence-corrected chi connectivity index (χ4v) is 2.64. The third kappa shape index (κ3) is 3.07. The molecule has 6 heteroatoms. The number of benzene rings is 1. The zero-order chi connectivity index (χ0) is 13.1. The first-order chi connectivity index (χ1) is 8.60. The molecular weight excluding hydrogens is 300 g/mol. The SMILES string of the molecule is O=[N+]([O-])c1cc(Br)ccc1CN1CCC(CO)C1. The van der Waals surface area contributed by atoms with Crippen molar-refractivity contribution in [2.24, 2.45) is 5.92 Å². The lowest BCUT2D eigenvalue weighted by Gasteiger charge is -2.15. The number of nitrogens with zero attached hydrogens (tertiary/aromatic N) is 2. The summed E-state index contributed by atoms with van der Waals surface area (Å²) < 4.78 is 0.715. The third-order valence-corrected chi connectivity index (χ3v) is 3.76. The third-order valence-electron chi connectivity index (χ3n) is 3.27. The molecular formula is C12H15BrN2O3. The highest BCUT2D eigenvalue weighted by Crippen LogP contribution is 2.26. The molecule has 0 saturated carbocycles. The van der Waals surface area contributed by atoms with E-state index < -0.39 is 0 Å². The highest BCUT2D eigenvalue weighted by atomic mass is 79.9. The Balaban J connectivity index is 2.12. The Morgan fingerprint density at radius 3 is 2.94 bits per heavy atom. The van der Waals surface area contributed by atoms with Crippen LogP contribution >= 0.6 is 15.9 Å². The largest absolute Gasteiger partial charge is 0.396 e. The number of nitro groups is 1. The van der Waals surface area contributed by atoms with Crippen LogP contribution in [0.2, 0.25) is 0 Å². The van der Waals surface area contributed by atoms with Crippen LogP contribution in [-0.4, -0.2) is 34.6 Å². The first-order valence-electron chi connectivity index (χ1n) is 5.86. The monoisotopic (exact) mass is 314 g/mol. The molecule has 0 spiro atoms. The van der Waals surface area contributed by atoms with E-state index in [-0.39, 0.29) is 17.2 Å². The van der Waals surface area contributed by atoms with Crippen molar-refractivity contribution in [2.75, 3.05) is 19.7 Å². The minimum Gasteiger partial charge on any atom is -0.396 e. The van der Waals surface area contributed by atoms with E-state index in [1.54, 1.807) is 6.07 Å². The van der Waals surface area contributed by atoms with Crippen molar-refractivity contribution in [3.8, 4) is 0 Å². The van der Waals surface area contributed by atoms with Gasteiger partial charge in [0, 0.05) is 35.8 Å². The number of hydrogen-bond acceptors (Lipinski definition) is 4. The Morgan fingerprint density at radius 2 is 2.33 bits per heavy atom. The molecule has 1 atom stereocenters. The summed E-state index contributed by atoms with van der Waals surface area (Å²) in [7, 11) is 0. The highest BCUT2D eigenvalue weighted by molar-refractivity contribution is 9.10. The molecule has 1 N–H and O–H groups in total. The minimum absolute atomic E-state index is 0.150. The van der Waals surface area contributed by atoms with E-state index in [1.807, 2.05) is 6.07 Å². The van der Waals surface area contributed by atoms with Gasteiger partial charge in [0.05, 0.1) is 4.92 Å².